The molecule has 0 aromatic rings. The van der Waals surface area contributed by atoms with E-state index in [9.17, 15) is 0 Å². The van der Waals surface area contributed by atoms with Crippen LogP contribution in [-0.2, 0) is 0 Å². The first-order chi connectivity index (χ1) is 8.82. The monoisotopic (exact) mass is 253 g/mol. The number of hydrogen-bond acceptors (Lipinski definition) is 3. The molecule has 1 unspecified atom stereocenters. The third-order valence-electron chi connectivity index (χ3n) is 4.58. The van der Waals surface area contributed by atoms with Gasteiger partial charge < -0.3 is 0 Å². The van der Waals surface area contributed by atoms with Crippen LogP contribution in [0.4, 0.5) is 0 Å². The minimum Gasteiger partial charge on any atom is -0.298 e. The van der Waals surface area contributed by atoms with Crippen molar-refractivity contribution >= 4 is 0 Å². The van der Waals surface area contributed by atoms with Crippen molar-refractivity contribution in [3.05, 3.63) is 0 Å². The number of piperidine rings is 1. The zero-order valence-electron chi connectivity index (χ0n) is 12.4. The molecule has 2 fully saturated rings. The van der Waals surface area contributed by atoms with Gasteiger partial charge in [-0.1, -0.05) is 26.7 Å². The fraction of sp³-hybridized carbons (Fsp3) is 1.00. The average Bonchev–Trinajstić information content (AvgIpc) is 2.41. The standard InChI is InChI=1S/C15H31N3/c1-3-5-12-17(13-6-4-2)18-14-10-15(18)9-7-8-11-16-15/h16H,3-14H2,1-2H3. The lowest BCUT2D eigenvalue weighted by Gasteiger charge is -2.59. The molecule has 0 saturated carbocycles. The predicted octanol–water partition coefficient (Wildman–Crippen LogP) is 2.98. The van der Waals surface area contributed by atoms with E-state index >= 15 is 0 Å². The Morgan fingerprint density at radius 3 is 2.22 bits per heavy atom. The van der Waals surface area contributed by atoms with E-state index < -0.39 is 0 Å². The molecule has 3 heteroatoms. The van der Waals surface area contributed by atoms with Gasteiger partial charge in [-0.05, 0) is 45.1 Å². The molecule has 1 spiro atoms. The number of hydrogen-bond donors (Lipinski definition) is 1. The van der Waals surface area contributed by atoms with Gasteiger partial charge in [0.15, 0.2) is 0 Å². The van der Waals surface area contributed by atoms with Crippen molar-refractivity contribution in [3.63, 3.8) is 0 Å². The van der Waals surface area contributed by atoms with Crippen LogP contribution in [-0.4, -0.2) is 41.9 Å². The summed E-state index contributed by atoms with van der Waals surface area (Å²) >= 11 is 0. The van der Waals surface area contributed by atoms with Crippen LogP contribution in [0.2, 0.25) is 0 Å². The molecule has 2 rings (SSSR count). The Morgan fingerprint density at radius 2 is 1.78 bits per heavy atom. The van der Waals surface area contributed by atoms with Crippen molar-refractivity contribution in [2.45, 2.75) is 70.9 Å². The van der Waals surface area contributed by atoms with Crippen LogP contribution in [0, 0.1) is 0 Å². The van der Waals surface area contributed by atoms with Gasteiger partial charge in [0.05, 0.1) is 5.66 Å². The van der Waals surface area contributed by atoms with Crippen molar-refractivity contribution in [2.24, 2.45) is 0 Å². The van der Waals surface area contributed by atoms with Crippen LogP contribution in [0.3, 0.4) is 0 Å². The highest BCUT2D eigenvalue weighted by molar-refractivity contribution is 4.98. The minimum absolute atomic E-state index is 0.347. The summed E-state index contributed by atoms with van der Waals surface area (Å²) in [7, 11) is 0. The summed E-state index contributed by atoms with van der Waals surface area (Å²) in [5.41, 5.74) is 0.347. The molecule has 2 aliphatic heterocycles. The first-order valence-corrected chi connectivity index (χ1v) is 8.10. The Hall–Kier alpha value is -0.120. The number of nitrogens with one attached hydrogen (secondary N) is 1. The van der Waals surface area contributed by atoms with E-state index in [1.807, 2.05) is 0 Å². The molecule has 0 aliphatic carbocycles. The van der Waals surface area contributed by atoms with Crippen LogP contribution in [0.5, 0.6) is 0 Å². The van der Waals surface area contributed by atoms with E-state index in [4.69, 9.17) is 0 Å². The summed E-state index contributed by atoms with van der Waals surface area (Å²) < 4.78 is 0. The molecule has 0 aromatic heterocycles. The molecule has 2 saturated heterocycles. The fourth-order valence-corrected chi connectivity index (χ4v) is 3.31. The second-order valence-corrected chi connectivity index (χ2v) is 5.95. The molecule has 106 valence electrons. The Kier molecular flexibility index (Phi) is 5.46. The van der Waals surface area contributed by atoms with Gasteiger partial charge >= 0.3 is 0 Å². The lowest BCUT2D eigenvalue weighted by Crippen LogP contribution is -2.73. The smallest absolute Gasteiger partial charge is 0.0860 e. The summed E-state index contributed by atoms with van der Waals surface area (Å²) in [5, 5.41) is 9.11. The van der Waals surface area contributed by atoms with E-state index in [-0.39, 0.29) is 0 Å². The fourth-order valence-electron chi connectivity index (χ4n) is 3.31. The molecule has 0 radical (unpaired) electrons. The molecule has 1 N–H and O–H groups in total. The van der Waals surface area contributed by atoms with Crippen molar-refractivity contribution in [1.29, 1.82) is 0 Å². The van der Waals surface area contributed by atoms with Crippen LogP contribution < -0.4 is 5.32 Å². The Labute approximate surface area is 113 Å². The van der Waals surface area contributed by atoms with Crippen molar-refractivity contribution < 1.29 is 0 Å². The minimum atomic E-state index is 0.347. The Bertz CT molecular complexity index is 228. The highest BCUT2D eigenvalue weighted by Gasteiger charge is 2.47. The summed E-state index contributed by atoms with van der Waals surface area (Å²) in [6.45, 7) is 9.57. The van der Waals surface area contributed by atoms with Gasteiger partial charge in [0.25, 0.3) is 0 Å². The molecule has 1 atom stereocenters. The van der Waals surface area contributed by atoms with E-state index in [0.29, 0.717) is 5.66 Å². The molecule has 2 aliphatic rings. The molecule has 0 aromatic carbocycles. The molecular formula is C15H31N3. The number of rotatable bonds is 7. The lowest BCUT2D eigenvalue weighted by molar-refractivity contribution is -0.200. The molecule has 2 heterocycles. The van der Waals surface area contributed by atoms with Crippen molar-refractivity contribution in [1.82, 2.24) is 15.3 Å². The molecular weight excluding hydrogens is 222 g/mol. The summed E-state index contributed by atoms with van der Waals surface area (Å²) in [6.07, 6.45) is 10.7. The highest BCUT2D eigenvalue weighted by atomic mass is 15.7. The zero-order valence-corrected chi connectivity index (χ0v) is 12.4. The van der Waals surface area contributed by atoms with Gasteiger partial charge in [0.1, 0.15) is 0 Å². The third-order valence-corrected chi connectivity index (χ3v) is 4.58. The maximum absolute atomic E-state index is 3.80. The maximum Gasteiger partial charge on any atom is 0.0860 e. The first-order valence-electron chi connectivity index (χ1n) is 8.10. The Morgan fingerprint density at radius 1 is 1.06 bits per heavy atom. The van der Waals surface area contributed by atoms with Crippen LogP contribution in [0.15, 0.2) is 0 Å². The highest BCUT2D eigenvalue weighted by Crippen LogP contribution is 2.36. The van der Waals surface area contributed by atoms with E-state index in [1.54, 1.807) is 0 Å². The SMILES string of the molecule is CCCCN(CCCC)N1CCC12CCCCN2. The third kappa shape index (κ3) is 3.06. The van der Waals surface area contributed by atoms with E-state index in [2.05, 4.69) is 29.2 Å². The lowest BCUT2D eigenvalue weighted by atomic mass is 9.87. The van der Waals surface area contributed by atoms with Crippen LogP contribution in [0.25, 0.3) is 0 Å². The molecule has 18 heavy (non-hydrogen) atoms. The largest absolute Gasteiger partial charge is 0.298 e. The molecule has 0 bridgehead atoms. The van der Waals surface area contributed by atoms with Crippen molar-refractivity contribution in [2.75, 3.05) is 26.2 Å². The number of unbranched alkanes of at least 4 members (excludes halogenated alkanes) is 2. The van der Waals surface area contributed by atoms with E-state index in [0.717, 1.165) is 0 Å². The quantitative estimate of drug-likeness (QED) is 0.752. The van der Waals surface area contributed by atoms with E-state index in [1.165, 1.54) is 77.5 Å². The normalized spacial score (nSPS) is 28.8. The summed E-state index contributed by atoms with van der Waals surface area (Å²) in [4.78, 5) is 0. The summed E-state index contributed by atoms with van der Waals surface area (Å²) in [6, 6.07) is 0. The number of hydrazine groups is 1. The van der Waals surface area contributed by atoms with Gasteiger partial charge in [0, 0.05) is 19.6 Å². The Balaban J connectivity index is 1.91. The maximum atomic E-state index is 3.80. The van der Waals surface area contributed by atoms with Crippen LogP contribution >= 0.6 is 0 Å². The predicted molar refractivity (Wildman–Crippen MR) is 77.3 cm³/mol. The first kappa shape index (κ1) is 14.3. The van der Waals surface area contributed by atoms with Gasteiger partial charge in [-0.2, -0.15) is 0 Å². The second kappa shape index (κ2) is 6.88. The van der Waals surface area contributed by atoms with Crippen molar-refractivity contribution in [3.8, 4) is 0 Å². The molecule has 3 nitrogen and oxygen atoms in total. The average molecular weight is 253 g/mol. The zero-order chi connectivity index (χ0) is 12.8. The van der Waals surface area contributed by atoms with Crippen LogP contribution in [0.1, 0.15) is 65.2 Å². The molecule has 0 amide bonds. The van der Waals surface area contributed by atoms with Gasteiger partial charge in [-0.25, -0.2) is 10.0 Å². The second-order valence-electron chi connectivity index (χ2n) is 5.95. The summed E-state index contributed by atoms with van der Waals surface area (Å²) in [5.74, 6) is 0. The van der Waals surface area contributed by atoms with Gasteiger partial charge in [0.2, 0.25) is 0 Å². The van der Waals surface area contributed by atoms with Gasteiger partial charge in [-0.3, -0.25) is 5.32 Å². The van der Waals surface area contributed by atoms with Gasteiger partial charge in [-0.15, -0.1) is 0 Å². The number of nitrogens with zero attached hydrogens (tertiary/aromatic N) is 2. The topological polar surface area (TPSA) is 18.5 Å².